The third-order valence-electron chi connectivity index (χ3n) is 4.00. The first kappa shape index (κ1) is 15.6. The summed E-state index contributed by atoms with van der Waals surface area (Å²) in [6.45, 7) is 7.08. The highest BCUT2D eigenvalue weighted by molar-refractivity contribution is 5.40. The fourth-order valence-electron chi connectivity index (χ4n) is 2.80. The first-order chi connectivity index (χ1) is 10.2. The molecule has 2 aromatic rings. The molecule has 0 bridgehead atoms. The molecule has 0 aromatic heterocycles. The zero-order valence-corrected chi connectivity index (χ0v) is 13.4. The van der Waals surface area contributed by atoms with Gasteiger partial charge in [-0.25, -0.2) is 0 Å². The summed E-state index contributed by atoms with van der Waals surface area (Å²) >= 11 is 0. The molecule has 0 radical (unpaired) electrons. The molecular weight excluding hydrogens is 258 g/mol. The van der Waals surface area contributed by atoms with Crippen LogP contribution in [0.4, 0.5) is 0 Å². The van der Waals surface area contributed by atoms with Crippen LogP contribution in [0.2, 0.25) is 0 Å². The molecule has 0 saturated heterocycles. The van der Waals surface area contributed by atoms with Gasteiger partial charge < -0.3 is 10.1 Å². The van der Waals surface area contributed by atoms with Crippen molar-refractivity contribution in [1.82, 2.24) is 5.32 Å². The molecule has 2 nitrogen and oxygen atoms in total. The van der Waals surface area contributed by atoms with Crippen molar-refractivity contribution in [2.45, 2.75) is 33.2 Å². The van der Waals surface area contributed by atoms with Crippen molar-refractivity contribution in [3.63, 3.8) is 0 Å². The molecule has 0 aliphatic rings. The number of ether oxygens (including phenoxy) is 1. The smallest absolute Gasteiger partial charge is 0.124 e. The zero-order valence-electron chi connectivity index (χ0n) is 13.4. The Labute approximate surface area is 128 Å². The second-order valence-corrected chi connectivity index (χ2v) is 5.39. The number of rotatable bonds is 6. The molecule has 1 atom stereocenters. The Morgan fingerprint density at radius 2 is 1.67 bits per heavy atom. The topological polar surface area (TPSA) is 21.3 Å². The maximum Gasteiger partial charge on any atom is 0.124 e. The summed E-state index contributed by atoms with van der Waals surface area (Å²) in [7, 11) is 2.01. The first-order valence-electron chi connectivity index (χ1n) is 7.61. The first-order valence-corrected chi connectivity index (χ1v) is 7.61. The molecule has 112 valence electrons. The van der Waals surface area contributed by atoms with E-state index >= 15 is 0 Å². The Bertz CT molecular complexity index is 572. The molecule has 0 saturated carbocycles. The van der Waals surface area contributed by atoms with Crippen molar-refractivity contribution in [3.8, 4) is 5.75 Å². The van der Waals surface area contributed by atoms with Crippen LogP contribution in [0.25, 0.3) is 0 Å². The van der Waals surface area contributed by atoms with Gasteiger partial charge in [0.25, 0.3) is 0 Å². The maximum absolute atomic E-state index is 5.78. The molecule has 0 aliphatic carbocycles. The molecule has 0 aliphatic heterocycles. The van der Waals surface area contributed by atoms with Gasteiger partial charge in [0.2, 0.25) is 0 Å². The van der Waals surface area contributed by atoms with Crippen molar-refractivity contribution in [2.24, 2.45) is 0 Å². The van der Waals surface area contributed by atoms with Crippen molar-refractivity contribution in [2.75, 3.05) is 13.7 Å². The standard InChI is InChI=1S/C19H25NO/c1-5-21-19-12-7-6-11-16(19)18(20-4)13-17-14(2)9-8-10-15(17)3/h6-12,18,20H,5,13H2,1-4H3. The SMILES string of the molecule is CCOc1ccccc1C(Cc1c(C)cccc1C)NC. The lowest BCUT2D eigenvalue weighted by Gasteiger charge is -2.22. The fourth-order valence-corrected chi connectivity index (χ4v) is 2.80. The van der Waals surface area contributed by atoms with Crippen molar-refractivity contribution in [3.05, 3.63) is 64.7 Å². The van der Waals surface area contributed by atoms with Gasteiger partial charge in [-0.1, -0.05) is 36.4 Å². The van der Waals surface area contributed by atoms with E-state index in [4.69, 9.17) is 4.74 Å². The Balaban J connectivity index is 2.32. The largest absolute Gasteiger partial charge is 0.494 e. The quantitative estimate of drug-likeness (QED) is 0.857. The van der Waals surface area contributed by atoms with Crippen LogP contribution in [0.3, 0.4) is 0 Å². The molecule has 2 rings (SSSR count). The minimum absolute atomic E-state index is 0.257. The average Bonchev–Trinajstić information content (AvgIpc) is 2.48. The minimum Gasteiger partial charge on any atom is -0.494 e. The van der Waals surface area contributed by atoms with Crippen LogP contribution in [-0.2, 0) is 6.42 Å². The van der Waals surface area contributed by atoms with Crippen LogP contribution in [-0.4, -0.2) is 13.7 Å². The van der Waals surface area contributed by atoms with E-state index in [1.165, 1.54) is 22.3 Å². The van der Waals surface area contributed by atoms with Gasteiger partial charge in [-0.05, 0) is 57.0 Å². The monoisotopic (exact) mass is 283 g/mol. The maximum atomic E-state index is 5.78. The molecule has 1 N–H and O–H groups in total. The van der Waals surface area contributed by atoms with Gasteiger partial charge in [0.15, 0.2) is 0 Å². The van der Waals surface area contributed by atoms with Gasteiger partial charge in [-0.2, -0.15) is 0 Å². The molecule has 0 heterocycles. The molecule has 2 aromatic carbocycles. The lowest BCUT2D eigenvalue weighted by Crippen LogP contribution is -2.20. The van der Waals surface area contributed by atoms with Crippen molar-refractivity contribution in [1.29, 1.82) is 0 Å². The molecule has 0 amide bonds. The van der Waals surface area contributed by atoms with E-state index in [0.717, 1.165) is 12.2 Å². The second-order valence-electron chi connectivity index (χ2n) is 5.39. The molecule has 1 unspecified atom stereocenters. The van der Waals surface area contributed by atoms with Crippen LogP contribution in [0.15, 0.2) is 42.5 Å². The van der Waals surface area contributed by atoms with Gasteiger partial charge in [0.1, 0.15) is 5.75 Å². The van der Waals surface area contributed by atoms with E-state index in [1.807, 2.05) is 26.1 Å². The van der Waals surface area contributed by atoms with Crippen LogP contribution >= 0.6 is 0 Å². The highest BCUT2D eigenvalue weighted by atomic mass is 16.5. The van der Waals surface area contributed by atoms with Crippen molar-refractivity contribution < 1.29 is 4.74 Å². The van der Waals surface area contributed by atoms with Gasteiger partial charge in [0, 0.05) is 11.6 Å². The number of nitrogens with one attached hydrogen (secondary N) is 1. The van der Waals surface area contributed by atoms with E-state index in [2.05, 4.69) is 49.5 Å². The molecule has 21 heavy (non-hydrogen) atoms. The summed E-state index contributed by atoms with van der Waals surface area (Å²) in [6, 6.07) is 15.1. The second kappa shape index (κ2) is 7.28. The van der Waals surface area contributed by atoms with Crippen LogP contribution in [0, 0.1) is 13.8 Å². The average molecular weight is 283 g/mol. The highest BCUT2D eigenvalue weighted by Crippen LogP contribution is 2.29. The predicted molar refractivity (Wildman–Crippen MR) is 89.0 cm³/mol. The lowest BCUT2D eigenvalue weighted by molar-refractivity contribution is 0.332. The highest BCUT2D eigenvalue weighted by Gasteiger charge is 2.16. The third-order valence-corrected chi connectivity index (χ3v) is 4.00. The normalized spacial score (nSPS) is 12.2. The Hall–Kier alpha value is -1.80. The van der Waals surface area contributed by atoms with Crippen molar-refractivity contribution >= 4 is 0 Å². The van der Waals surface area contributed by atoms with E-state index in [9.17, 15) is 0 Å². The van der Waals surface area contributed by atoms with Crippen LogP contribution in [0.1, 0.15) is 35.2 Å². The summed E-state index contributed by atoms with van der Waals surface area (Å²) in [6.07, 6.45) is 0.971. The number of benzene rings is 2. The third kappa shape index (κ3) is 3.64. The number of likely N-dealkylation sites (N-methyl/N-ethyl adjacent to an activating group) is 1. The number of para-hydroxylation sites is 1. The number of hydrogen-bond donors (Lipinski definition) is 1. The fraction of sp³-hybridized carbons (Fsp3) is 0.368. The zero-order chi connectivity index (χ0) is 15.2. The lowest BCUT2D eigenvalue weighted by atomic mass is 9.92. The number of aryl methyl sites for hydroxylation is 2. The molecular formula is C19H25NO. The summed E-state index contributed by atoms with van der Waals surface area (Å²) in [5.74, 6) is 0.977. The molecule has 0 fully saturated rings. The van der Waals surface area contributed by atoms with Crippen LogP contribution in [0.5, 0.6) is 5.75 Å². The minimum atomic E-state index is 0.257. The van der Waals surface area contributed by atoms with E-state index in [-0.39, 0.29) is 6.04 Å². The number of hydrogen-bond acceptors (Lipinski definition) is 2. The Morgan fingerprint density at radius 3 is 2.29 bits per heavy atom. The molecule has 0 spiro atoms. The van der Waals surface area contributed by atoms with E-state index in [0.29, 0.717) is 6.61 Å². The summed E-state index contributed by atoms with van der Waals surface area (Å²) in [5, 5.41) is 3.44. The van der Waals surface area contributed by atoms with Gasteiger partial charge >= 0.3 is 0 Å². The summed E-state index contributed by atoms with van der Waals surface area (Å²) in [4.78, 5) is 0. The van der Waals surface area contributed by atoms with Gasteiger partial charge in [-0.15, -0.1) is 0 Å². The van der Waals surface area contributed by atoms with E-state index in [1.54, 1.807) is 0 Å². The summed E-state index contributed by atoms with van der Waals surface area (Å²) < 4.78 is 5.78. The van der Waals surface area contributed by atoms with E-state index < -0.39 is 0 Å². The predicted octanol–water partition coefficient (Wildman–Crippen LogP) is 4.21. The summed E-state index contributed by atoms with van der Waals surface area (Å²) in [5.41, 5.74) is 5.35. The van der Waals surface area contributed by atoms with Gasteiger partial charge in [-0.3, -0.25) is 0 Å². The van der Waals surface area contributed by atoms with Crippen LogP contribution < -0.4 is 10.1 Å². The molecule has 2 heteroatoms. The Morgan fingerprint density at radius 1 is 1.00 bits per heavy atom. The Kier molecular flexibility index (Phi) is 5.40. The van der Waals surface area contributed by atoms with Gasteiger partial charge in [0.05, 0.1) is 6.61 Å².